The van der Waals surface area contributed by atoms with Gasteiger partial charge in [-0.25, -0.2) is 9.36 Å². The molecule has 1 aromatic heterocycles. The minimum absolute atomic E-state index is 0.224. The summed E-state index contributed by atoms with van der Waals surface area (Å²) in [5.74, 6) is 1.64. The quantitative estimate of drug-likeness (QED) is 0.687. The lowest BCUT2D eigenvalue weighted by Crippen LogP contribution is -2.63. The summed E-state index contributed by atoms with van der Waals surface area (Å²) in [5.41, 5.74) is 2.79. The Morgan fingerprint density at radius 2 is 1.87 bits per heavy atom. The van der Waals surface area contributed by atoms with Gasteiger partial charge in [0.15, 0.2) is 5.75 Å². The van der Waals surface area contributed by atoms with Gasteiger partial charge >= 0.3 is 12.0 Å². The molecule has 2 aliphatic rings. The van der Waals surface area contributed by atoms with E-state index in [1.807, 2.05) is 54.2 Å². The number of nitrogens with zero attached hydrogens (tertiary/aromatic N) is 5. The summed E-state index contributed by atoms with van der Waals surface area (Å²) in [6, 6.07) is 6.88. The van der Waals surface area contributed by atoms with Gasteiger partial charge in [-0.1, -0.05) is 31.0 Å². The number of hydrogen-bond donors (Lipinski definition) is 0. The molecule has 0 radical (unpaired) electrons. The summed E-state index contributed by atoms with van der Waals surface area (Å²) in [5, 5.41) is 0. The van der Waals surface area contributed by atoms with E-state index in [9.17, 15) is 9.59 Å². The molecular weight excluding hydrogens is 382 g/mol. The minimum atomic E-state index is -0.627. The van der Waals surface area contributed by atoms with Crippen molar-refractivity contribution in [2.24, 2.45) is 4.99 Å². The predicted molar refractivity (Wildman–Crippen MR) is 113 cm³/mol. The summed E-state index contributed by atoms with van der Waals surface area (Å²) in [6.45, 7) is 9.03. The van der Waals surface area contributed by atoms with E-state index in [1.165, 1.54) is 9.80 Å². The number of carbonyl (C=O) groups is 2. The molecule has 1 unspecified atom stereocenters. The molecule has 0 saturated carbocycles. The maximum Gasteiger partial charge on any atom is 0.407 e. The molecule has 30 heavy (non-hydrogen) atoms. The average Bonchev–Trinajstić information content (AvgIpc) is 3.24. The van der Waals surface area contributed by atoms with Gasteiger partial charge in [-0.15, -0.1) is 0 Å². The Balaban J connectivity index is 1.89. The number of ether oxygens (including phenoxy) is 1. The molecule has 0 N–H and O–H groups in total. The molecule has 2 aromatic rings. The van der Waals surface area contributed by atoms with E-state index in [1.54, 1.807) is 7.05 Å². The number of benzene rings is 1. The molecule has 0 bridgehead atoms. The number of aliphatic imine (C=N–C) groups is 1. The van der Waals surface area contributed by atoms with E-state index >= 15 is 0 Å². The molecule has 3 amide bonds. The van der Waals surface area contributed by atoms with Crippen molar-refractivity contribution in [1.29, 1.82) is 0 Å². The van der Waals surface area contributed by atoms with Gasteiger partial charge < -0.3 is 4.74 Å². The fraction of sp³-hybridized carbons (Fsp3) is 0.455. The Bertz CT molecular complexity index is 1060. The Hall–Kier alpha value is -3.16. The molecule has 2 aliphatic heterocycles. The van der Waals surface area contributed by atoms with Crippen LogP contribution in [0.5, 0.6) is 5.75 Å². The zero-order valence-electron chi connectivity index (χ0n) is 18.2. The molecule has 4 rings (SSSR count). The number of likely N-dealkylation sites (N-methyl/N-ethyl adjacent to an activating group) is 1. The average molecular weight is 410 g/mol. The first-order valence-corrected chi connectivity index (χ1v) is 10.5. The number of amidine groups is 1. The second kappa shape index (κ2) is 7.59. The highest BCUT2D eigenvalue weighted by molar-refractivity contribution is 6.19. The predicted octanol–water partition coefficient (Wildman–Crippen LogP) is 3.06. The van der Waals surface area contributed by atoms with E-state index in [0.29, 0.717) is 31.4 Å². The highest BCUT2D eigenvalue weighted by Crippen LogP contribution is 2.35. The van der Waals surface area contributed by atoms with Crippen LogP contribution < -0.4 is 9.30 Å². The van der Waals surface area contributed by atoms with Gasteiger partial charge in [0.05, 0.1) is 6.61 Å². The van der Waals surface area contributed by atoms with Crippen molar-refractivity contribution >= 4 is 23.7 Å². The first-order valence-electron chi connectivity index (χ1n) is 10.5. The van der Waals surface area contributed by atoms with E-state index < -0.39 is 6.04 Å². The van der Waals surface area contributed by atoms with Gasteiger partial charge in [-0.2, -0.15) is 4.57 Å². The third-order valence-corrected chi connectivity index (χ3v) is 5.73. The second-order valence-corrected chi connectivity index (χ2v) is 7.70. The molecule has 8 nitrogen and oxygen atoms in total. The Kier molecular flexibility index (Phi) is 5.09. The fourth-order valence-corrected chi connectivity index (χ4v) is 4.13. The SMILES string of the molecule is CCCOc1ccccc1-n1c(C)c(C)[n+]2c1N=C1C2C(=O)N(CCC)C(=O)N1C. The van der Waals surface area contributed by atoms with E-state index in [2.05, 4.69) is 6.92 Å². The molecule has 3 heterocycles. The Morgan fingerprint density at radius 1 is 1.13 bits per heavy atom. The number of aromatic nitrogens is 2. The summed E-state index contributed by atoms with van der Waals surface area (Å²) in [4.78, 5) is 33.6. The standard InChI is InChI=1S/C22H28N5O3/c1-6-12-25-20(28)18-19(24(5)22(25)29)23-21-26(14(3)15(4)27(18)21)16-10-8-9-11-17(16)30-13-7-2/h8-11,18H,6-7,12-13H2,1-5H3/q+1. The molecule has 1 atom stereocenters. The van der Waals surface area contributed by atoms with E-state index in [4.69, 9.17) is 9.73 Å². The molecule has 1 aromatic carbocycles. The monoisotopic (exact) mass is 410 g/mol. The van der Waals surface area contributed by atoms with Crippen molar-refractivity contribution < 1.29 is 18.9 Å². The normalized spacial score (nSPS) is 17.9. The van der Waals surface area contributed by atoms with Crippen molar-refractivity contribution in [3.63, 3.8) is 0 Å². The highest BCUT2D eigenvalue weighted by atomic mass is 16.5. The smallest absolute Gasteiger partial charge is 0.407 e. The maximum atomic E-state index is 13.3. The van der Waals surface area contributed by atoms with Crippen LogP contribution >= 0.6 is 0 Å². The Labute approximate surface area is 176 Å². The highest BCUT2D eigenvalue weighted by Gasteiger charge is 2.54. The third-order valence-electron chi connectivity index (χ3n) is 5.73. The lowest BCUT2D eigenvalue weighted by molar-refractivity contribution is -0.682. The fourth-order valence-electron chi connectivity index (χ4n) is 4.13. The summed E-state index contributed by atoms with van der Waals surface area (Å²) in [7, 11) is 1.68. The van der Waals surface area contributed by atoms with Crippen molar-refractivity contribution in [3.8, 4) is 11.4 Å². The number of imide groups is 1. The molecule has 1 fully saturated rings. The Morgan fingerprint density at radius 3 is 2.57 bits per heavy atom. The molecule has 1 saturated heterocycles. The van der Waals surface area contributed by atoms with Gasteiger partial charge in [-0.05, 0) is 38.8 Å². The van der Waals surface area contributed by atoms with Crippen LogP contribution in [0.3, 0.4) is 0 Å². The topological polar surface area (TPSA) is 71.0 Å². The van der Waals surface area contributed by atoms with Crippen LogP contribution in [-0.2, 0) is 4.79 Å². The summed E-state index contributed by atoms with van der Waals surface area (Å²) in [6.07, 6.45) is 1.62. The zero-order valence-corrected chi connectivity index (χ0v) is 18.2. The first kappa shape index (κ1) is 20.1. The number of hydrogen-bond acceptors (Lipinski definition) is 4. The van der Waals surface area contributed by atoms with Gasteiger partial charge in [0.25, 0.3) is 5.91 Å². The lowest BCUT2D eigenvalue weighted by Gasteiger charge is -2.33. The van der Waals surface area contributed by atoms with Gasteiger partial charge in [0.2, 0.25) is 11.9 Å². The zero-order chi connectivity index (χ0) is 21.6. The number of amides is 3. The molecule has 0 spiro atoms. The number of rotatable bonds is 6. The molecule has 8 heteroatoms. The summed E-state index contributed by atoms with van der Waals surface area (Å²) < 4.78 is 9.93. The maximum absolute atomic E-state index is 13.3. The second-order valence-electron chi connectivity index (χ2n) is 7.70. The van der Waals surface area contributed by atoms with Crippen LogP contribution in [-0.4, -0.2) is 52.3 Å². The van der Waals surface area contributed by atoms with E-state index in [-0.39, 0.29) is 11.9 Å². The van der Waals surface area contributed by atoms with E-state index in [0.717, 1.165) is 29.2 Å². The first-order chi connectivity index (χ1) is 14.4. The summed E-state index contributed by atoms with van der Waals surface area (Å²) >= 11 is 0. The van der Waals surface area contributed by atoms with Crippen molar-refractivity contribution in [1.82, 2.24) is 14.4 Å². The van der Waals surface area contributed by atoms with Crippen LogP contribution in [0.25, 0.3) is 5.69 Å². The minimum Gasteiger partial charge on any atom is -0.490 e. The van der Waals surface area contributed by atoms with Crippen LogP contribution in [0.15, 0.2) is 29.3 Å². The molecular formula is C22H28N5O3+. The van der Waals surface area contributed by atoms with Gasteiger partial charge in [0.1, 0.15) is 17.1 Å². The lowest BCUT2D eigenvalue weighted by atomic mass is 10.1. The van der Waals surface area contributed by atoms with Crippen LogP contribution in [0.1, 0.15) is 44.1 Å². The number of urea groups is 1. The number of para-hydroxylation sites is 2. The number of carbonyl (C=O) groups excluding carboxylic acids is 2. The van der Waals surface area contributed by atoms with Crippen LogP contribution in [0.2, 0.25) is 0 Å². The number of imidazole rings is 1. The third kappa shape index (κ3) is 2.81. The molecule has 158 valence electrons. The van der Waals surface area contributed by atoms with Crippen LogP contribution in [0, 0.1) is 13.8 Å². The van der Waals surface area contributed by atoms with Gasteiger partial charge in [-0.3, -0.25) is 14.6 Å². The number of fused-ring (bicyclic) bond motifs is 3. The van der Waals surface area contributed by atoms with Crippen molar-refractivity contribution in [2.45, 2.75) is 46.6 Å². The largest absolute Gasteiger partial charge is 0.490 e. The van der Waals surface area contributed by atoms with Crippen molar-refractivity contribution in [2.75, 3.05) is 20.2 Å². The van der Waals surface area contributed by atoms with Crippen molar-refractivity contribution in [3.05, 3.63) is 35.7 Å². The van der Waals surface area contributed by atoms with Gasteiger partial charge in [0, 0.05) is 13.6 Å². The van der Waals surface area contributed by atoms with Crippen LogP contribution in [0.4, 0.5) is 10.7 Å². The molecule has 0 aliphatic carbocycles.